The maximum absolute atomic E-state index is 4.63. The van der Waals surface area contributed by atoms with Gasteiger partial charge in [0.05, 0.1) is 5.69 Å². The van der Waals surface area contributed by atoms with Crippen molar-refractivity contribution in [2.24, 2.45) is 5.92 Å². The van der Waals surface area contributed by atoms with Gasteiger partial charge in [-0.15, -0.1) is 0 Å². The second kappa shape index (κ2) is 4.90. The Morgan fingerprint density at radius 2 is 1.75 bits per heavy atom. The van der Waals surface area contributed by atoms with Gasteiger partial charge in [-0.1, -0.05) is 0 Å². The van der Waals surface area contributed by atoms with E-state index in [0.29, 0.717) is 17.6 Å². The lowest BCUT2D eigenvalue weighted by molar-refractivity contribution is 0.139. The molecule has 0 bridgehead atoms. The summed E-state index contributed by atoms with van der Waals surface area (Å²) < 4.78 is 0. The molecule has 2 aliphatic rings. The first-order chi connectivity index (χ1) is 9.88. The van der Waals surface area contributed by atoms with Gasteiger partial charge in [-0.25, -0.2) is 19.9 Å². The fraction of sp³-hybridized carbons (Fsp3) is 0.467. The van der Waals surface area contributed by atoms with Crippen LogP contribution in [0, 0.1) is 5.92 Å². The van der Waals surface area contributed by atoms with Gasteiger partial charge in [0.1, 0.15) is 0 Å². The molecule has 102 valence electrons. The molecule has 0 spiro atoms. The van der Waals surface area contributed by atoms with Gasteiger partial charge in [0.15, 0.2) is 11.6 Å². The zero-order chi connectivity index (χ0) is 13.4. The summed E-state index contributed by atoms with van der Waals surface area (Å²) in [7, 11) is 0. The van der Waals surface area contributed by atoms with E-state index in [1.165, 1.54) is 19.4 Å². The van der Waals surface area contributed by atoms with Crippen LogP contribution in [0.3, 0.4) is 0 Å². The molecule has 0 aromatic carbocycles. The number of hydrogen-bond donors (Lipinski definition) is 0. The Kier molecular flexibility index (Phi) is 2.92. The molecule has 1 saturated heterocycles. The summed E-state index contributed by atoms with van der Waals surface area (Å²) in [5, 5.41) is 0. The molecule has 1 aliphatic heterocycles. The molecule has 3 heterocycles. The van der Waals surface area contributed by atoms with Crippen molar-refractivity contribution in [2.45, 2.75) is 18.8 Å². The van der Waals surface area contributed by atoms with Gasteiger partial charge < -0.3 is 4.90 Å². The molecular weight excluding hydrogens is 250 g/mol. The van der Waals surface area contributed by atoms with Gasteiger partial charge in [0.25, 0.3) is 0 Å². The number of aromatic nitrogens is 4. The van der Waals surface area contributed by atoms with Crippen molar-refractivity contribution in [1.82, 2.24) is 24.8 Å². The smallest absolute Gasteiger partial charge is 0.197 e. The van der Waals surface area contributed by atoms with E-state index < -0.39 is 0 Å². The molecular formula is C15H17N5. The van der Waals surface area contributed by atoms with Gasteiger partial charge in [-0.3, -0.25) is 0 Å². The van der Waals surface area contributed by atoms with E-state index in [1.54, 1.807) is 18.5 Å². The van der Waals surface area contributed by atoms with Crippen molar-refractivity contribution in [1.29, 1.82) is 0 Å². The second-order valence-electron chi connectivity index (χ2n) is 5.74. The van der Waals surface area contributed by atoms with Crippen molar-refractivity contribution in [3.63, 3.8) is 0 Å². The largest absolute Gasteiger partial charge is 0.302 e. The fourth-order valence-electron chi connectivity index (χ4n) is 2.69. The van der Waals surface area contributed by atoms with E-state index >= 15 is 0 Å². The van der Waals surface area contributed by atoms with E-state index in [1.807, 2.05) is 12.3 Å². The minimum Gasteiger partial charge on any atom is -0.302 e. The van der Waals surface area contributed by atoms with Crippen LogP contribution in [0.1, 0.15) is 24.5 Å². The number of likely N-dealkylation sites (tertiary alicyclic amines) is 1. The highest BCUT2D eigenvalue weighted by Crippen LogP contribution is 2.34. The van der Waals surface area contributed by atoms with Crippen molar-refractivity contribution in [3.8, 4) is 11.6 Å². The lowest BCUT2D eigenvalue weighted by atomic mass is 9.95. The molecule has 0 amide bonds. The Balaban J connectivity index is 1.47. The van der Waals surface area contributed by atoms with Crippen LogP contribution in [0.25, 0.3) is 11.6 Å². The summed E-state index contributed by atoms with van der Waals surface area (Å²) in [5.41, 5.74) is 1.12. The van der Waals surface area contributed by atoms with Crippen LogP contribution in [-0.4, -0.2) is 44.5 Å². The Labute approximate surface area is 118 Å². The highest BCUT2D eigenvalue weighted by Gasteiger charge is 2.33. The Bertz CT molecular complexity index is 590. The van der Waals surface area contributed by atoms with Crippen LogP contribution in [0.15, 0.2) is 30.7 Å². The maximum Gasteiger partial charge on any atom is 0.197 e. The van der Waals surface area contributed by atoms with Gasteiger partial charge in [0.2, 0.25) is 0 Å². The summed E-state index contributed by atoms with van der Waals surface area (Å²) in [4.78, 5) is 19.9. The molecule has 20 heavy (non-hydrogen) atoms. The molecule has 2 fully saturated rings. The third kappa shape index (κ3) is 2.41. The highest BCUT2D eigenvalue weighted by molar-refractivity contribution is 5.42. The average molecular weight is 267 g/mol. The van der Waals surface area contributed by atoms with Crippen molar-refractivity contribution in [2.75, 3.05) is 19.6 Å². The molecule has 0 unspecified atom stereocenters. The first-order valence-electron chi connectivity index (χ1n) is 7.21. The van der Waals surface area contributed by atoms with Crippen LogP contribution in [0.4, 0.5) is 0 Å². The van der Waals surface area contributed by atoms with Gasteiger partial charge in [-0.2, -0.15) is 0 Å². The van der Waals surface area contributed by atoms with E-state index in [2.05, 4.69) is 24.8 Å². The number of rotatable bonds is 4. The summed E-state index contributed by atoms with van der Waals surface area (Å²) >= 11 is 0. The van der Waals surface area contributed by atoms with Gasteiger partial charge >= 0.3 is 0 Å². The molecule has 2 aromatic heterocycles. The predicted molar refractivity (Wildman–Crippen MR) is 75.0 cm³/mol. The summed E-state index contributed by atoms with van der Waals surface area (Å²) in [6.45, 7) is 3.53. The van der Waals surface area contributed by atoms with Crippen molar-refractivity contribution < 1.29 is 0 Å². The van der Waals surface area contributed by atoms with E-state index in [0.717, 1.165) is 24.7 Å². The SMILES string of the molecule is c1cnc(-c2nccc(C3CN(CC4CC4)C3)n2)nc1. The molecule has 4 rings (SSSR count). The van der Waals surface area contributed by atoms with Gasteiger partial charge in [0, 0.05) is 44.1 Å². The Hall–Kier alpha value is -1.88. The summed E-state index contributed by atoms with van der Waals surface area (Å²) in [5.74, 6) is 2.74. The Morgan fingerprint density at radius 1 is 1.00 bits per heavy atom. The van der Waals surface area contributed by atoms with Crippen molar-refractivity contribution >= 4 is 0 Å². The molecule has 1 aliphatic carbocycles. The molecule has 5 heteroatoms. The zero-order valence-electron chi connectivity index (χ0n) is 11.3. The quantitative estimate of drug-likeness (QED) is 0.844. The molecule has 0 N–H and O–H groups in total. The minimum atomic E-state index is 0.541. The van der Waals surface area contributed by atoms with E-state index in [-0.39, 0.29) is 0 Å². The van der Waals surface area contributed by atoms with Gasteiger partial charge in [-0.05, 0) is 30.9 Å². The summed E-state index contributed by atoms with van der Waals surface area (Å²) in [6, 6.07) is 3.82. The second-order valence-corrected chi connectivity index (χ2v) is 5.74. The third-order valence-corrected chi connectivity index (χ3v) is 4.03. The zero-order valence-corrected chi connectivity index (χ0v) is 11.3. The Morgan fingerprint density at radius 3 is 2.50 bits per heavy atom. The highest BCUT2D eigenvalue weighted by atomic mass is 15.2. The maximum atomic E-state index is 4.63. The molecule has 0 atom stereocenters. The lowest BCUT2D eigenvalue weighted by Crippen LogP contribution is -2.46. The molecule has 2 aromatic rings. The van der Waals surface area contributed by atoms with Crippen molar-refractivity contribution in [3.05, 3.63) is 36.4 Å². The molecule has 0 radical (unpaired) electrons. The average Bonchev–Trinajstić information content (AvgIpc) is 3.28. The topological polar surface area (TPSA) is 54.8 Å². The first kappa shape index (κ1) is 11.9. The van der Waals surface area contributed by atoms with Crippen LogP contribution in [0.2, 0.25) is 0 Å². The van der Waals surface area contributed by atoms with E-state index in [9.17, 15) is 0 Å². The van der Waals surface area contributed by atoms with Crippen LogP contribution in [0.5, 0.6) is 0 Å². The third-order valence-electron chi connectivity index (χ3n) is 4.03. The van der Waals surface area contributed by atoms with E-state index in [4.69, 9.17) is 0 Å². The fourth-order valence-corrected chi connectivity index (χ4v) is 2.69. The lowest BCUT2D eigenvalue weighted by Gasteiger charge is -2.39. The molecule has 5 nitrogen and oxygen atoms in total. The molecule has 1 saturated carbocycles. The normalized spacial score (nSPS) is 19.8. The standard InChI is InChI=1S/C15H17N5/c1-5-16-14(17-6-1)15-18-7-4-13(19-15)12-9-20(10-12)8-11-2-3-11/h1,4-7,11-12H,2-3,8-10H2. The number of nitrogens with zero attached hydrogens (tertiary/aromatic N) is 5. The monoisotopic (exact) mass is 267 g/mol. The van der Waals surface area contributed by atoms with Crippen LogP contribution in [-0.2, 0) is 0 Å². The number of hydrogen-bond acceptors (Lipinski definition) is 5. The van der Waals surface area contributed by atoms with Crippen LogP contribution < -0.4 is 0 Å². The first-order valence-corrected chi connectivity index (χ1v) is 7.21. The summed E-state index contributed by atoms with van der Waals surface area (Å²) in [6.07, 6.45) is 8.10. The minimum absolute atomic E-state index is 0.541. The van der Waals surface area contributed by atoms with Crippen LogP contribution >= 0.6 is 0 Å². The predicted octanol–water partition coefficient (Wildman–Crippen LogP) is 1.74.